The first kappa shape index (κ1) is 24.5. The summed E-state index contributed by atoms with van der Waals surface area (Å²) in [4.78, 5) is 25.7. The summed E-state index contributed by atoms with van der Waals surface area (Å²) in [6.07, 6.45) is 3.74. The summed E-state index contributed by atoms with van der Waals surface area (Å²) in [7, 11) is 0. The maximum atomic E-state index is 12.8. The van der Waals surface area contributed by atoms with Crippen LogP contribution in [-0.4, -0.2) is 12.3 Å². The van der Waals surface area contributed by atoms with Crippen molar-refractivity contribution in [3.8, 4) is 0 Å². The molecule has 0 bridgehead atoms. The van der Waals surface area contributed by atoms with E-state index >= 15 is 0 Å². The number of rotatable bonds is 4. The minimum atomic E-state index is -0.666. The van der Waals surface area contributed by atoms with Gasteiger partial charge in [-0.3, -0.25) is 0 Å². The normalized spacial score (nSPS) is 23.7. The maximum absolute atomic E-state index is 12.8. The molecule has 38 heavy (non-hydrogen) atoms. The van der Waals surface area contributed by atoms with Crippen molar-refractivity contribution in [3.05, 3.63) is 106 Å². The summed E-state index contributed by atoms with van der Waals surface area (Å²) in [6.45, 7) is 0. The molecule has 3 aliphatic rings. The van der Waals surface area contributed by atoms with Crippen molar-refractivity contribution in [2.24, 2.45) is 0 Å². The van der Waals surface area contributed by atoms with E-state index in [1.807, 2.05) is 60.7 Å². The van der Waals surface area contributed by atoms with Crippen molar-refractivity contribution in [1.82, 2.24) is 0 Å². The van der Waals surface area contributed by atoms with Gasteiger partial charge in [0.1, 0.15) is 24.4 Å². The van der Waals surface area contributed by atoms with Crippen LogP contribution in [0.4, 0.5) is 9.59 Å². The van der Waals surface area contributed by atoms with Crippen molar-refractivity contribution < 1.29 is 28.5 Å². The zero-order valence-corrected chi connectivity index (χ0v) is 21.3. The van der Waals surface area contributed by atoms with Crippen LogP contribution in [-0.2, 0) is 31.8 Å². The molecule has 0 fully saturated rings. The second-order valence-corrected chi connectivity index (χ2v) is 10.3. The molecule has 3 aliphatic carbocycles. The Morgan fingerprint density at radius 3 is 1.24 bits per heavy atom. The molecule has 0 saturated carbocycles. The summed E-state index contributed by atoms with van der Waals surface area (Å²) in [5, 5.41) is 0. The van der Waals surface area contributed by atoms with Gasteiger partial charge in [0.25, 0.3) is 0 Å². The van der Waals surface area contributed by atoms with Gasteiger partial charge in [-0.25, -0.2) is 9.59 Å². The SMILES string of the molecule is O=C(OC1CCCc2ccccc21)OC1CCC(OC(=O)OC2CCCc3ccccc32)c2ccccc21. The van der Waals surface area contributed by atoms with Crippen LogP contribution >= 0.6 is 0 Å². The van der Waals surface area contributed by atoms with Crippen molar-refractivity contribution in [2.45, 2.75) is 75.8 Å². The number of ether oxygens (including phenoxy) is 4. The third-order valence-corrected chi connectivity index (χ3v) is 7.96. The zero-order valence-electron chi connectivity index (χ0n) is 21.3. The van der Waals surface area contributed by atoms with Gasteiger partial charge in [0.05, 0.1) is 0 Å². The number of aryl methyl sites for hydroxylation is 2. The Morgan fingerprint density at radius 1 is 0.474 bits per heavy atom. The van der Waals surface area contributed by atoms with E-state index in [1.165, 1.54) is 11.1 Å². The molecule has 0 saturated heterocycles. The topological polar surface area (TPSA) is 71.1 Å². The molecular formula is C32H32O6. The first-order valence-corrected chi connectivity index (χ1v) is 13.6. The molecule has 0 amide bonds. The molecule has 3 aromatic carbocycles. The summed E-state index contributed by atoms with van der Waals surface area (Å²) >= 11 is 0. The Kier molecular flexibility index (Phi) is 7.04. The fourth-order valence-corrected chi connectivity index (χ4v) is 6.14. The predicted octanol–water partition coefficient (Wildman–Crippen LogP) is 8.02. The zero-order chi connectivity index (χ0) is 25.9. The van der Waals surface area contributed by atoms with Crippen LogP contribution in [0.25, 0.3) is 0 Å². The van der Waals surface area contributed by atoms with Gasteiger partial charge in [-0.1, -0.05) is 72.8 Å². The molecule has 0 N–H and O–H groups in total. The number of hydrogen-bond acceptors (Lipinski definition) is 6. The number of carbonyl (C=O) groups excluding carboxylic acids is 2. The molecule has 0 spiro atoms. The van der Waals surface area contributed by atoms with E-state index in [0.29, 0.717) is 12.8 Å². The van der Waals surface area contributed by atoms with Gasteiger partial charge in [-0.15, -0.1) is 0 Å². The fraction of sp³-hybridized carbons (Fsp3) is 0.375. The van der Waals surface area contributed by atoms with Crippen LogP contribution in [0.1, 0.15) is 96.3 Å². The first-order valence-electron chi connectivity index (χ1n) is 13.6. The second-order valence-electron chi connectivity index (χ2n) is 10.3. The molecule has 0 heterocycles. The number of fused-ring (bicyclic) bond motifs is 3. The molecule has 6 rings (SSSR count). The molecule has 4 atom stereocenters. The minimum Gasteiger partial charge on any atom is -0.426 e. The van der Waals surface area contributed by atoms with Crippen molar-refractivity contribution in [3.63, 3.8) is 0 Å². The third kappa shape index (κ3) is 5.13. The number of hydrogen-bond donors (Lipinski definition) is 0. The largest absolute Gasteiger partial charge is 0.509 e. The Morgan fingerprint density at radius 2 is 0.816 bits per heavy atom. The first-order chi connectivity index (χ1) is 18.7. The van der Waals surface area contributed by atoms with E-state index in [4.69, 9.17) is 18.9 Å². The van der Waals surface area contributed by atoms with E-state index in [0.717, 1.165) is 60.8 Å². The van der Waals surface area contributed by atoms with Gasteiger partial charge >= 0.3 is 12.3 Å². The average Bonchev–Trinajstić information content (AvgIpc) is 2.95. The average molecular weight is 513 g/mol. The highest BCUT2D eigenvalue weighted by atomic mass is 16.7. The highest BCUT2D eigenvalue weighted by molar-refractivity contribution is 5.62. The Hall–Kier alpha value is -3.80. The maximum Gasteiger partial charge on any atom is 0.509 e. The monoisotopic (exact) mass is 512 g/mol. The Balaban J connectivity index is 1.10. The molecule has 0 radical (unpaired) electrons. The lowest BCUT2D eigenvalue weighted by molar-refractivity contribution is -0.0335. The molecule has 3 aromatic rings. The Bertz CT molecular complexity index is 1220. The van der Waals surface area contributed by atoms with E-state index in [2.05, 4.69) is 12.1 Å². The Labute approximate surface area is 222 Å². The van der Waals surface area contributed by atoms with Gasteiger partial charge in [0.15, 0.2) is 0 Å². The highest BCUT2D eigenvalue weighted by Gasteiger charge is 2.34. The fourth-order valence-electron chi connectivity index (χ4n) is 6.14. The molecular weight excluding hydrogens is 480 g/mol. The van der Waals surface area contributed by atoms with Gasteiger partial charge in [-0.05, 0) is 84.7 Å². The third-order valence-electron chi connectivity index (χ3n) is 7.96. The lowest BCUT2D eigenvalue weighted by Crippen LogP contribution is -2.25. The van der Waals surface area contributed by atoms with Crippen LogP contribution in [0.2, 0.25) is 0 Å². The van der Waals surface area contributed by atoms with Crippen LogP contribution in [0.3, 0.4) is 0 Å². The van der Waals surface area contributed by atoms with Crippen molar-refractivity contribution in [1.29, 1.82) is 0 Å². The molecule has 0 aliphatic heterocycles. The van der Waals surface area contributed by atoms with Crippen LogP contribution in [0, 0.1) is 0 Å². The predicted molar refractivity (Wildman–Crippen MR) is 141 cm³/mol. The highest BCUT2D eigenvalue weighted by Crippen LogP contribution is 2.42. The van der Waals surface area contributed by atoms with E-state index < -0.39 is 24.5 Å². The smallest absolute Gasteiger partial charge is 0.426 e. The van der Waals surface area contributed by atoms with Crippen molar-refractivity contribution in [2.75, 3.05) is 0 Å². The summed E-state index contributed by atoms with van der Waals surface area (Å²) in [5.74, 6) is 0. The van der Waals surface area contributed by atoms with Crippen LogP contribution in [0.15, 0.2) is 72.8 Å². The molecule has 4 unspecified atom stereocenters. The minimum absolute atomic E-state index is 0.290. The van der Waals surface area contributed by atoms with Crippen LogP contribution < -0.4 is 0 Å². The molecule has 6 nitrogen and oxygen atoms in total. The summed E-state index contributed by atoms with van der Waals surface area (Å²) in [5.41, 5.74) is 6.24. The van der Waals surface area contributed by atoms with Gasteiger partial charge in [0, 0.05) is 0 Å². The van der Waals surface area contributed by atoms with E-state index in [-0.39, 0.29) is 12.2 Å². The molecule has 196 valence electrons. The number of benzene rings is 3. The standard InChI is InChI=1S/C32H32O6/c33-31(35-27-17-7-11-21-9-1-3-13-23(21)27)37-29-19-20-30(26-16-6-5-15-25(26)29)38-32(34)36-28-18-8-12-22-10-2-4-14-24(22)28/h1-6,9-10,13-16,27-30H,7-8,11-12,17-20H2. The molecule has 6 heteroatoms. The van der Waals surface area contributed by atoms with E-state index in [1.54, 1.807) is 0 Å². The van der Waals surface area contributed by atoms with E-state index in [9.17, 15) is 9.59 Å². The molecule has 0 aromatic heterocycles. The lowest BCUT2D eigenvalue weighted by atomic mass is 9.87. The van der Waals surface area contributed by atoms with Gasteiger partial charge < -0.3 is 18.9 Å². The van der Waals surface area contributed by atoms with Gasteiger partial charge in [-0.2, -0.15) is 0 Å². The van der Waals surface area contributed by atoms with Crippen LogP contribution in [0.5, 0.6) is 0 Å². The number of carbonyl (C=O) groups is 2. The summed E-state index contributed by atoms with van der Waals surface area (Å²) in [6, 6.07) is 23.8. The van der Waals surface area contributed by atoms with Gasteiger partial charge in [0.2, 0.25) is 0 Å². The second kappa shape index (κ2) is 10.9. The lowest BCUT2D eigenvalue weighted by Gasteiger charge is -2.32. The summed E-state index contributed by atoms with van der Waals surface area (Å²) < 4.78 is 23.2. The van der Waals surface area contributed by atoms with Crippen molar-refractivity contribution >= 4 is 12.3 Å². The quantitative estimate of drug-likeness (QED) is 0.330.